The van der Waals surface area contributed by atoms with Crippen LogP contribution in [0, 0.1) is 11.8 Å². The van der Waals surface area contributed by atoms with E-state index in [1.807, 2.05) is 4.90 Å². The van der Waals surface area contributed by atoms with Crippen molar-refractivity contribution in [1.29, 1.82) is 0 Å². The van der Waals surface area contributed by atoms with Gasteiger partial charge >= 0.3 is 0 Å². The highest BCUT2D eigenvalue weighted by Crippen LogP contribution is 2.22. The van der Waals surface area contributed by atoms with Gasteiger partial charge in [-0.2, -0.15) is 0 Å². The molecule has 1 heterocycles. The lowest BCUT2D eigenvalue weighted by molar-refractivity contribution is -0.130. The zero-order chi connectivity index (χ0) is 15.8. The van der Waals surface area contributed by atoms with Crippen molar-refractivity contribution >= 4 is 11.8 Å². The highest BCUT2D eigenvalue weighted by Gasteiger charge is 2.22. The van der Waals surface area contributed by atoms with Gasteiger partial charge in [0.25, 0.3) is 0 Å². The van der Waals surface area contributed by atoms with Crippen LogP contribution in [0.1, 0.15) is 52.9 Å². The van der Waals surface area contributed by atoms with Gasteiger partial charge in [-0.1, -0.05) is 13.8 Å². The molecule has 0 aromatic rings. The van der Waals surface area contributed by atoms with Crippen LogP contribution < -0.4 is 5.32 Å². The Morgan fingerprint density at radius 3 is 2.38 bits per heavy atom. The van der Waals surface area contributed by atoms with E-state index < -0.39 is 0 Å². The fourth-order valence-corrected chi connectivity index (χ4v) is 2.86. The molecule has 1 atom stereocenters. The van der Waals surface area contributed by atoms with E-state index in [2.05, 4.69) is 19.2 Å². The molecule has 1 saturated heterocycles. The van der Waals surface area contributed by atoms with E-state index in [-0.39, 0.29) is 24.5 Å². The van der Waals surface area contributed by atoms with Crippen LogP contribution in [0.2, 0.25) is 0 Å². The Morgan fingerprint density at radius 1 is 1.29 bits per heavy atom. The van der Waals surface area contributed by atoms with Crippen LogP contribution in [-0.4, -0.2) is 47.6 Å². The van der Waals surface area contributed by atoms with Crippen molar-refractivity contribution in [2.75, 3.05) is 19.7 Å². The summed E-state index contributed by atoms with van der Waals surface area (Å²) < 4.78 is 0. The number of nitrogens with one attached hydrogen (secondary N) is 1. The lowest BCUT2D eigenvalue weighted by Crippen LogP contribution is -2.40. The number of carbonyl (C=O) groups excluding carboxylic acids is 2. The van der Waals surface area contributed by atoms with Crippen molar-refractivity contribution in [2.24, 2.45) is 11.8 Å². The molecule has 1 fully saturated rings. The number of hydrogen-bond donors (Lipinski definition) is 2. The smallest absolute Gasteiger partial charge is 0.220 e. The molecule has 0 aromatic carbocycles. The Labute approximate surface area is 128 Å². The molecule has 0 radical (unpaired) electrons. The summed E-state index contributed by atoms with van der Waals surface area (Å²) in [6, 6.07) is 0.0575. The lowest BCUT2D eigenvalue weighted by Gasteiger charge is -2.31. The van der Waals surface area contributed by atoms with Crippen LogP contribution in [0.4, 0.5) is 0 Å². The Morgan fingerprint density at radius 2 is 1.90 bits per heavy atom. The summed E-state index contributed by atoms with van der Waals surface area (Å²) in [4.78, 5) is 25.1. The maximum absolute atomic E-state index is 12.0. The number of nitrogens with zero attached hydrogens (tertiary/aromatic N) is 1. The predicted octanol–water partition coefficient (Wildman–Crippen LogP) is 1.55. The molecule has 1 rings (SSSR count). The zero-order valence-corrected chi connectivity index (χ0v) is 13.6. The second-order valence-electron chi connectivity index (χ2n) is 6.42. The Balaban J connectivity index is 2.26. The minimum Gasteiger partial charge on any atom is -0.396 e. The molecule has 2 amide bonds. The Kier molecular flexibility index (Phi) is 7.72. The first-order valence-corrected chi connectivity index (χ1v) is 8.09. The SMILES string of the molecule is CC(=O)N1CCC(CCC(=O)NC(CCO)C(C)C)CC1. The zero-order valence-electron chi connectivity index (χ0n) is 13.6. The third kappa shape index (κ3) is 6.46. The number of likely N-dealkylation sites (tertiary alicyclic amines) is 1. The summed E-state index contributed by atoms with van der Waals surface area (Å²) in [5, 5.41) is 12.0. The van der Waals surface area contributed by atoms with Crippen molar-refractivity contribution in [3.8, 4) is 0 Å². The average molecular weight is 298 g/mol. The molecule has 21 heavy (non-hydrogen) atoms. The van der Waals surface area contributed by atoms with Crippen LogP contribution in [0.15, 0.2) is 0 Å². The summed E-state index contributed by atoms with van der Waals surface area (Å²) >= 11 is 0. The molecular formula is C16H30N2O3. The summed E-state index contributed by atoms with van der Waals surface area (Å²) in [7, 11) is 0. The van der Waals surface area contributed by atoms with E-state index in [9.17, 15) is 9.59 Å². The van der Waals surface area contributed by atoms with Gasteiger partial charge in [0.2, 0.25) is 11.8 Å². The fraction of sp³-hybridized carbons (Fsp3) is 0.875. The van der Waals surface area contributed by atoms with Crippen molar-refractivity contribution < 1.29 is 14.7 Å². The van der Waals surface area contributed by atoms with Gasteiger partial charge in [0.15, 0.2) is 0 Å². The maximum Gasteiger partial charge on any atom is 0.220 e. The van der Waals surface area contributed by atoms with Gasteiger partial charge in [0.1, 0.15) is 0 Å². The first-order chi connectivity index (χ1) is 9.93. The molecule has 1 aliphatic rings. The molecule has 0 aromatic heterocycles. The molecule has 0 spiro atoms. The Hall–Kier alpha value is -1.10. The topological polar surface area (TPSA) is 69.6 Å². The normalized spacial score (nSPS) is 17.9. The van der Waals surface area contributed by atoms with E-state index >= 15 is 0 Å². The standard InChI is InChI=1S/C16H30N2O3/c1-12(2)15(8-11-19)17-16(21)5-4-14-6-9-18(10-7-14)13(3)20/h12,14-15,19H,4-11H2,1-3H3,(H,17,21). The number of amides is 2. The van der Waals surface area contributed by atoms with Crippen LogP contribution in [-0.2, 0) is 9.59 Å². The van der Waals surface area contributed by atoms with Gasteiger partial charge in [-0.25, -0.2) is 0 Å². The van der Waals surface area contributed by atoms with Crippen LogP contribution in [0.25, 0.3) is 0 Å². The molecule has 5 nitrogen and oxygen atoms in total. The van der Waals surface area contributed by atoms with Gasteiger partial charge in [0, 0.05) is 39.1 Å². The third-order valence-corrected chi connectivity index (χ3v) is 4.43. The highest BCUT2D eigenvalue weighted by molar-refractivity contribution is 5.76. The number of rotatable bonds is 7. The molecule has 5 heteroatoms. The molecule has 0 aliphatic carbocycles. The van der Waals surface area contributed by atoms with Crippen molar-refractivity contribution in [2.45, 2.75) is 58.9 Å². The largest absolute Gasteiger partial charge is 0.396 e. The van der Waals surface area contributed by atoms with Crippen LogP contribution in [0.5, 0.6) is 0 Å². The minimum absolute atomic E-state index is 0.0575. The first kappa shape index (κ1) is 18.0. The number of hydrogen-bond acceptors (Lipinski definition) is 3. The summed E-state index contributed by atoms with van der Waals surface area (Å²) in [5.74, 6) is 1.10. The molecule has 1 unspecified atom stereocenters. The van der Waals surface area contributed by atoms with Gasteiger partial charge in [-0.3, -0.25) is 9.59 Å². The van der Waals surface area contributed by atoms with Gasteiger partial charge in [0.05, 0.1) is 0 Å². The summed E-state index contributed by atoms with van der Waals surface area (Å²) in [5.41, 5.74) is 0. The second kappa shape index (κ2) is 9.03. The van der Waals surface area contributed by atoms with Crippen molar-refractivity contribution in [3.63, 3.8) is 0 Å². The van der Waals surface area contributed by atoms with E-state index in [1.165, 1.54) is 0 Å². The van der Waals surface area contributed by atoms with Crippen LogP contribution in [0.3, 0.4) is 0 Å². The first-order valence-electron chi connectivity index (χ1n) is 8.09. The van der Waals surface area contributed by atoms with E-state index in [0.29, 0.717) is 24.7 Å². The summed E-state index contributed by atoms with van der Waals surface area (Å²) in [6.07, 6.45) is 4.04. The molecule has 2 N–H and O–H groups in total. The molecule has 0 bridgehead atoms. The minimum atomic E-state index is 0.0575. The van der Waals surface area contributed by atoms with E-state index in [0.717, 1.165) is 32.4 Å². The van der Waals surface area contributed by atoms with E-state index in [1.54, 1.807) is 6.92 Å². The lowest BCUT2D eigenvalue weighted by atomic mass is 9.92. The number of carbonyl (C=O) groups is 2. The fourth-order valence-electron chi connectivity index (χ4n) is 2.86. The second-order valence-corrected chi connectivity index (χ2v) is 6.42. The molecule has 0 saturated carbocycles. The summed E-state index contributed by atoms with van der Waals surface area (Å²) in [6.45, 7) is 7.46. The van der Waals surface area contributed by atoms with Gasteiger partial charge in [-0.05, 0) is 37.5 Å². The number of aliphatic hydroxyl groups is 1. The van der Waals surface area contributed by atoms with E-state index in [4.69, 9.17) is 5.11 Å². The van der Waals surface area contributed by atoms with Gasteiger partial charge in [-0.15, -0.1) is 0 Å². The average Bonchev–Trinajstić information content (AvgIpc) is 2.45. The monoisotopic (exact) mass is 298 g/mol. The number of aliphatic hydroxyl groups excluding tert-OH is 1. The van der Waals surface area contributed by atoms with Crippen molar-refractivity contribution in [1.82, 2.24) is 10.2 Å². The molecule has 122 valence electrons. The molecule has 1 aliphatic heterocycles. The third-order valence-electron chi connectivity index (χ3n) is 4.43. The Bertz CT molecular complexity index is 336. The molecular weight excluding hydrogens is 268 g/mol. The predicted molar refractivity (Wildman–Crippen MR) is 82.7 cm³/mol. The van der Waals surface area contributed by atoms with Crippen molar-refractivity contribution in [3.05, 3.63) is 0 Å². The maximum atomic E-state index is 12.0. The number of piperidine rings is 1. The van der Waals surface area contributed by atoms with Gasteiger partial charge < -0.3 is 15.3 Å². The van der Waals surface area contributed by atoms with Crippen LogP contribution >= 0.6 is 0 Å². The highest BCUT2D eigenvalue weighted by atomic mass is 16.3. The quantitative estimate of drug-likeness (QED) is 0.749.